The molecule has 6 rings (SSSR count). The number of benzene rings is 2. The van der Waals surface area contributed by atoms with Gasteiger partial charge in [0.2, 0.25) is 11.8 Å². The molecule has 2 fully saturated rings. The van der Waals surface area contributed by atoms with Crippen molar-refractivity contribution in [3.05, 3.63) is 77.1 Å². The summed E-state index contributed by atoms with van der Waals surface area (Å²) in [6.45, 7) is 2.95. The minimum atomic E-state index is -0.668. The fourth-order valence-corrected chi connectivity index (χ4v) is 5.62. The van der Waals surface area contributed by atoms with Gasteiger partial charge in [-0.2, -0.15) is 0 Å². The topological polar surface area (TPSA) is 118 Å². The number of aromatic nitrogens is 3. The zero-order valence-corrected chi connectivity index (χ0v) is 20.3. The maximum atomic E-state index is 13.3. The summed E-state index contributed by atoms with van der Waals surface area (Å²) in [5, 5.41) is 10.6. The second-order valence-electron chi connectivity index (χ2n) is 9.94. The van der Waals surface area contributed by atoms with Crippen LogP contribution in [-0.2, 0) is 16.1 Å². The zero-order valence-electron chi connectivity index (χ0n) is 20.3. The summed E-state index contributed by atoms with van der Waals surface area (Å²) in [6.07, 6.45) is 3.03. The van der Waals surface area contributed by atoms with Crippen molar-refractivity contribution in [2.45, 2.75) is 50.7 Å². The molecule has 4 heterocycles. The van der Waals surface area contributed by atoms with E-state index in [9.17, 15) is 19.2 Å². The molecule has 1 aromatic heterocycles. The molecule has 3 aromatic rings. The first-order valence-electron chi connectivity index (χ1n) is 12.5. The molecule has 1 N–H and O–H groups in total. The molecule has 0 aliphatic carbocycles. The lowest BCUT2D eigenvalue weighted by Gasteiger charge is -2.29. The van der Waals surface area contributed by atoms with E-state index in [1.807, 2.05) is 29.2 Å². The average molecular weight is 499 g/mol. The smallest absolute Gasteiger partial charge is 0.276 e. The fraction of sp³-hybridized carbons (Fsp3) is 0.333. The summed E-state index contributed by atoms with van der Waals surface area (Å²) < 4.78 is 1.53. The number of carbonyl (C=O) groups is 4. The van der Waals surface area contributed by atoms with Crippen molar-refractivity contribution >= 4 is 23.6 Å². The quantitative estimate of drug-likeness (QED) is 0.550. The molecule has 3 aliphatic rings. The lowest BCUT2D eigenvalue weighted by molar-refractivity contribution is -0.136. The number of carbonyl (C=O) groups excluding carboxylic acids is 4. The highest BCUT2D eigenvalue weighted by molar-refractivity contribution is 6.05. The Labute approximate surface area is 213 Å². The first-order chi connectivity index (χ1) is 17.9. The average Bonchev–Trinajstić information content (AvgIpc) is 3.62. The van der Waals surface area contributed by atoms with Crippen LogP contribution < -0.4 is 5.32 Å². The van der Waals surface area contributed by atoms with Gasteiger partial charge < -0.3 is 9.80 Å². The van der Waals surface area contributed by atoms with Crippen LogP contribution in [0.25, 0.3) is 5.69 Å². The van der Waals surface area contributed by atoms with E-state index in [0.29, 0.717) is 24.2 Å². The van der Waals surface area contributed by atoms with Crippen LogP contribution in [-0.4, -0.2) is 67.1 Å². The van der Waals surface area contributed by atoms with Gasteiger partial charge in [0.1, 0.15) is 6.04 Å². The molecule has 0 radical (unpaired) electrons. The van der Waals surface area contributed by atoms with E-state index in [1.54, 1.807) is 18.3 Å². The van der Waals surface area contributed by atoms with Crippen LogP contribution in [0.1, 0.15) is 64.1 Å². The third-order valence-electron chi connectivity index (χ3n) is 7.59. The largest absolute Gasteiger partial charge is 0.334 e. The van der Waals surface area contributed by atoms with Crippen LogP contribution in [0.5, 0.6) is 0 Å². The number of likely N-dealkylation sites (tertiary alicyclic amines) is 1. The van der Waals surface area contributed by atoms with Crippen molar-refractivity contribution in [1.29, 1.82) is 0 Å². The highest BCUT2D eigenvalue weighted by Crippen LogP contribution is 2.33. The number of hydrogen-bond donors (Lipinski definition) is 1. The van der Waals surface area contributed by atoms with Gasteiger partial charge in [0.05, 0.1) is 11.9 Å². The molecular formula is C27H26N6O4. The summed E-state index contributed by atoms with van der Waals surface area (Å²) in [4.78, 5) is 53.4. The molecule has 37 heavy (non-hydrogen) atoms. The van der Waals surface area contributed by atoms with Crippen LogP contribution in [0.2, 0.25) is 0 Å². The van der Waals surface area contributed by atoms with Crippen molar-refractivity contribution in [3.63, 3.8) is 0 Å². The van der Waals surface area contributed by atoms with Crippen molar-refractivity contribution in [2.75, 3.05) is 6.54 Å². The minimum Gasteiger partial charge on any atom is -0.334 e. The molecule has 188 valence electrons. The maximum absolute atomic E-state index is 13.3. The Morgan fingerprint density at radius 3 is 2.68 bits per heavy atom. The number of fused-ring (bicyclic) bond motifs is 1. The highest BCUT2D eigenvalue weighted by Gasteiger charge is 2.39. The first kappa shape index (κ1) is 23.1. The molecule has 3 unspecified atom stereocenters. The molecule has 10 nitrogen and oxygen atoms in total. The molecule has 0 bridgehead atoms. The molecule has 10 heteroatoms. The van der Waals surface area contributed by atoms with E-state index in [1.165, 1.54) is 15.1 Å². The SMILES string of the molecule is CC1CC(c2ccccc2)CN1C(=O)c1cn(-c2ccc3c(c2)CN(C2CCC(=O)NC2=O)C3=O)nn1. The Hall–Kier alpha value is -4.34. The number of amides is 4. The third kappa shape index (κ3) is 4.08. The van der Waals surface area contributed by atoms with Gasteiger partial charge in [-0.1, -0.05) is 35.5 Å². The van der Waals surface area contributed by atoms with Gasteiger partial charge in [-0.05, 0) is 49.1 Å². The molecule has 2 saturated heterocycles. The Morgan fingerprint density at radius 2 is 1.89 bits per heavy atom. The van der Waals surface area contributed by atoms with E-state index in [-0.39, 0.29) is 48.3 Å². The van der Waals surface area contributed by atoms with Crippen molar-refractivity contribution in [3.8, 4) is 5.69 Å². The van der Waals surface area contributed by atoms with E-state index >= 15 is 0 Å². The second-order valence-corrected chi connectivity index (χ2v) is 9.94. The van der Waals surface area contributed by atoms with Crippen LogP contribution >= 0.6 is 0 Å². The monoisotopic (exact) mass is 498 g/mol. The Kier molecular flexibility index (Phi) is 5.58. The second kappa shape index (κ2) is 8.95. The van der Waals surface area contributed by atoms with Gasteiger partial charge in [0.25, 0.3) is 11.8 Å². The maximum Gasteiger partial charge on any atom is 0.276 e. The molecule has 0 saturated carbocycles. The van der Waals surface area contributed by atoms with Gasteiger partial charge in [-0.25, -0.2) is 4.68 Å². The van der Waals surface area contributed by atoms with E-state index in [2.05, 4.69) is 34.7 Å². The van der Waals surface area contributed by atoms with E-state index < -0.39 is 11.9 Å². The molecular weight excluding hydrogens is 472 g/mol. The van der Waals surface area contributed by atoms with E-state index in [0.717, 1.165) is 12.0 Å². The molecule has 4 amide bonds. The summed E-state index contributed by atoms with van der Waals surface area (Å²) in [5.41, 5.74) is 3.44. The summed E-state index contributed by atoms with van der Waals surface area (Å²) in [7, 11) is 0. The molecule has 0 spiro atoms. The van der Waals surface area contributed by atoms with Crippen molar-refractivity contribution < 1.29 is 19.2 Å². The standard InChI is InChI=1S/C27H26N6O4/c1-16-11-18(17-5-3-2-4-6-17)13-31(16)27(37)22-15-33(30-29-22)20-7-8-21-19(12-20)14-32(26(21)36)23-9-10-24(34)28-25(23)35/h2-8,12,15-16,18,23H,9-11,13-14H2,1H3,(H,28,34,35). The zero-order chi connectivity index (χ0) is 25.7. The summed E-state index contributed by atoms with van der Waals surface area (Å²) in [6, 6.07) is 14.9. The highest BCUT2D eigenvalue weighted by atomic mass is 16.2. The van der Waals surface area contributed by atoms with Crippen molar-refractivity contribution in [1.82, 2.24) is 30.1 Å². The first-order valence-corrected chi connectivity index (χ1v) is 12.5. The van der Waals surface area contributed by atoms with Gasteiger partial charge in [0.15, 0.2) is 5.69 Å². The summed E-state index contributed by atoms with van der Waals surface area (Å²) >= 11 is 0. The van der Waals surface area contributed by atoms with Crippen molar-refractivity contribution in [2.24, 2.45) is 0 Å². The lowest BCUT2D eigenvalue weighted by Crippen LogP contribution is -2.52. The number of hydrogen-bond acceptors (Lipinski definition) is 6. The van der Waals surface area contributed by atoms with Gasteiger partial charge >= 0.3 is 0 Å². The molecule has 3 atom stereocenters. The predicted octanol–water partition coefficient (Wildman–Crippen LogP) is 2.05. The number of piperidine rings is 1. The Balaban J connectivity index is 1.18. The van der Waals surface area contributed by atoms with E-state index in [4.69, 9.17) is 0 Å². The van der Waals surface area contributed by atoms with Gasteiger partial charge in [-0.3, -0.25) is 24.5 Å². The number of nitrogens with zero attached hydrogens (tertiary/aromatic N) is 5. The van der Waals surface area contributed by atoms with Crippen LogP contribution in [0.3, 0.4) is 0 Å². The van der Waals surface area contributed by atoms with Crippen LogP contribution in [0.4, 0.5) is 0 Å². The van der Waals surface area contributed by atoms with Gasteiger partial charge in [-0.15, -0.1) is 5.10 Å². The predicted molar refractivity (Wildman–Crippen MR) is 132 cm³/mol. The number of nitrogens with one attached hydrogen (secondary N) is 1. The number of rotatable bonds is 4. The van der Waals surface area contributed by atoms with Crippen LogP contribution in [0, 0.1) is 0 Å². The molecule has 3 aliphatic heterocycles. The number of imide groups is 1. The van der Waals surface area contributed by atoms with Crippen LogP contribution in [0.15, 0.2) is 54.7 Å². The summed E-state index contributed by atoms with van der Waals surface area (Å²) in [5.74, 6) is -0.860. The molecule has 2 aromatic carbocycles. The van der Waals surface area contributed by atoms with Gasteiger partial charge in [0, 0.05) is 37.0 Å². The minimum absolute atomic E-state index is 0.0899. The normalized spacial score (nSPS) is 23.4. The lowest BCUT2D eigenvalue weighted by atomic mass is 9.97. The Morgan fingerprint density at radius 1 is 1.08 bits per heavy atom. The fourth-order valence-electron chi connectivity index (χ4n) is 5.62. The third-order valence-corrected chi connectivity index (χ3v) is 7.59. The Bertz CT molecular complexity index is 1420.